The van der Waals surface area contributed by atoms with E-state index in [0.717, 1.165) is 23.3 Å². The zero-order valence-corrected chi connectivity index (χ0v) is 7.97. The molecule has 1 heterocycles. The maximum absolute atomic E-state index is 5.12. The summed E-state index contributed by atoms with van der Waals surface area (Å²) in [5.41, 5.74) is 0. The van der Waals surface area contributed by atoms with Crippen molar-refractivity contribution in [1.29, 1.82) is 0 Å². The zero-order valence-electron chi connectivity index (χ0n) is 6.33. The highest BCUT2D eigenvalue weighted by atomic mass is 32.2. The Kier molecular flexibility index (Phi) is 2.95. The molecular formula is C6H12N2S2. The first-order valence-electron chi connectivity index (χ1n) is 3.26. The number of rotatable bonds is 2. The number of hydrogen-bond donors (Lipinski definition) is 0. The standard InChI is InChI=1S/C6H12N2S2/c1-7(2)5-8-3-4-10-6(8)9/h3-5H2,1-2H3. The van der Waals surface area contributed by atoms with E-state index < -0.39 is 0 Å². The van der Waals surface area contributed by atoms with E-state index >= 15 is 0 Å². The van der Waals surface area contributed by atoms with Crippen LogP contribution in [0.1, 0.15) is 0 Å². The van der Waals surface area contributed by atoms with Crippen molar-refractivity contribution in [3.8, 4) is 0 Å². The summed E-state index contributed by atoms with van der Waals surface area (Å²) in [7, 11) is 4.12. The minimum absolute atomic E-state index is 0.964. The summed E-state index contributed by atoms with van der Waals surface area (Å²) in [4.78, 5) is 4.36. The average molecular weight is 176 g/mol. The topological polar surface area (TPSA) is 6.48 Å². The third-order valence-electron chi connectivity index (χ3n) is 1.30. The van der Waals surface area contributed by atoms with Crippen molar-refractivity contribution < 1.29 is 0 Å². The van der Waals surface area contributed by atoms with Gasteiger partial charge in [-0.3, -0.25) is 4.90 Å². The van der Waals surface area contributed by atoms with Crippen molar-refractivity contribution in [3.63, 3.8) is 0 Å². The van der Waals surface area contributed by atoms with E-state index in [2.05, 4.69) is 23.9 Å². The van der Waals surface area contributed by atoms with E-state index in [1.54, 1.807) is 11.8 Å². The lowest BCUT2D eigenvalue weighted by atomic mass is 10.6. The monoisotopic (exact) mass is 176 g/mol. The predicted molar refractivity (Wildman–Crippen MR) is 50.3 cm³/mol. The molecule has 1 fully saturated rings. The molecule has 1 aliphatic rings. The third-order valence-corrected chi connectivity index (χ3v) is 2.80. The highest BCUT2D eigenvalue weighted by molar-refractivity contribution is 8.23. The third kappa shape index (κ3) is 2.11. The molecule has 0 radical (unpaired) electrons. The smallest absolute Gasteiger partial charge is 0.137 e. The molecule has 0 atom stereocenters. The van der Waals surface area contributed by atoms with Gasteiger partial charge in [-0.1, -0.05) is 24.0 Å². The maximum Gasteiger partial charge on any atom is 0.137 e. The van der Waals surface area contributed by atoms with E-state index in [4.69, 9.17) is 12.2 Å². The number of nitrogens with zero attached hydrogens (tertiary/aromatic N) is 2. The maximum atomic E-state index is 5.12. The Morgan fingerprint density at radius 2 is 2.40 bits per heavy atom. The molecule has 0 aromatic rings. The van der Waals surface area contributed by atoms with Crippen LogP contribution < -0.4 is 0 Å². The molecule has 0 saturated carbocycles. The molecule has 10 heavy (non-hydrogen) atoms. The number of thiocarbonyl (C=S) groups is 1. The van der Waals surface area contributed by atoms with Crippen molar-refractivity contribution in [2.24, 2.45) is 0 Å². The van der Waals surface area contributed by atoms with Crippen molar-refractivity contribution in [3.05, 3.63) is 0 Å². The molecule has 0 N–H and O–H groups in total. The second-order valence-corrected chi connectivity index (χ2v) is 4.33. The molecule has 1 saturated heterocycles. The average Bonchev–Trinajstić information content (AvgIpc) is 2.15. The molecule has 4 heteroatoms. The van der Waals surface area contributed by atoms with Gasteiger partial charge in [-0.2, -0.15) is 0 Å². The Hall–Kier alpha value is 0.200. The van der Waals surface area contributed by atoms with Gasteiger partial charge in [0.1, 0.15) is 4.32 Å². The fraction of sp³-hybridized carbons (Fsp3) is 0.833. The molecule has 0 aromatic heterocycles. The first-order valence-corrected chi connectivity index (χ1v) is 4.66. The van der Waals surface area contributed by atoms with Gasteiger partial charge in [0, 0.05) is 12.3 Å². The van der Waals surface area contributed by atoms with Gasteiger partial charge in [-0.25, -0.2) is 0 Å². The van der Waals surface area contributed by atoms with Gasteiger partial charge in [0.05, 0.1) is 6.67 Å². The summed E-state index contributed by atoms with van der Waals surface area (Å²) in [5, 5.41) is 0. The number of thioether (sulfide) groups is 1. The lowest BCUT2D eigenvalue weighted by Gasteiger charge is -2.20. The second-order valence-electron chi connectivity index (χ2n) is 2.60. The fourth-order valence-electron chi connectivity index (χ4n) is 0.896. The van der Waals surface area contributed by atoms with Gasteiger partial charge >= 0.3 is 0 Å². The van der Waals surface area contributed by atoms with E-state index in [1.807, 2.05) is 0 Å². The van der Waals surface area contributed by atoms with Gasteiger partial charge in [0.15, 0.2) is 0 Å². The highest BCUT2D eigenvalue weighted by Crippen LogP contribution is 2.16. The highest BCUT2D eigenvalue weighted by Gasteiger charge is 2.16. The molecule has 2 nitrogen and oxygen atoms in total. The van der Waals surface area contributed by atoms with Gasteiger partial charge in [-0.05, 0) is 14.1 Å². The first kappa shape index (κ1) is 8.30. The Bertz CT molecular complexity index is 136. The van der Waals surface area contributed by atoms with Crippen LogP contribution in [0.2, 0.25) is 0 Å². The van der Waals surface area contributed by atoms with Crippen LogP contribution >= 0.6 is 24.0 Å². The van der Waals surface area contributed by atoms with Crippen molar-refractivity contribution in [2.45, 2.75) is 0 Å². The minimum atomic E-state index is 0.964. The lowest BCUT2D eigenvalue weighted by molar-refractivity contribution is 0.277. The normalized spacial score (nSPS) is 19.1. The van der Waals surface area contributed by atoms with E-state index in [9.17, 15) is 0 Å². The molecule has 1 rings (SSSR count). The predicted octanol–water partition coefficient (Wildman–Crippen LogP) is 0.839. The summed E-state index contributed by atoms with van der Waals surface area (Å²) in [6.45, 7) is 2.08. The van der Waals surface area contributed by atoms with E-state index in [1.165, 1.54) is 0 Å². The Labute approximate surface area is 71.6 Å². The van der Waals surface area contributed by atoms with Crippen molar-refractivity contribution in [2.75, 3.05) is 33.1 Å². The first-order chi connectivity index (χ1) is 4.70. The van der Waals surface area contributed by atoms with Crippen molar-refractivity contribution >= 4 is 28.3 Å². The second kappa shape index (κ2) is 3.55. The lowest BCUT2D eigenvalue weighted by Crippen LogP contribution is -2.33. The van der Waals surface area contributed by atoms with Crippen LogP contribution in [-0.2, 0) is 0 Å². The van der Waals surface area contributed by atoms with E-state index in [-0.39, 0.29) is 0 Å². The Morgan fingerprint density at radius 1 is 1.70 bits per heavy atom. The van der Waals surface area contributed by atoms with Crippen LogP contribution in [0, 0.1) is 0 Å². The fourth-order valence-corrected chi connectivity index (χ4v) is 2.11. The molecule has 0 bridgehead atoms. The van der Waals surface area contributed by atoms with Crippen molar-refractivity contribution in [1.82, 2.24) is 9.80 Å². The molecule has 0 spiro atoms. The van der Waals surface area contributed by atoms with Crippen LogP contribution in [0.4, 0.5) is 0 Å². The largest absolute Gasteiger partial charge is 0.344 e. The van der Waals surface area contributed by atoms with Crippen LogP contribution in [0.5, 0.6) is 0 Å². The van der Waals surface area contributed by atoms with Crippen LogP contribution in [0.15, 0.2) is 0 Å². The van der Waals surface area contributed by atoms with Crippen LogP contribution in [0.25, 0.3) is 0 Å². The molecule has 58 valence electrons. The summed E-state index contributed by atoms with van der Waals surface area (Å²) in [6.07, 6.45) is 0. The SMILES string of the molecule is CN(C)CN1CCSC1=S. The molecule has 0 unspecified atom stereocenters. The molecule has 0 aromatic carbocycles. The molecule has 0 amide bonds. The molecular weight excluding hydrogens is 164 g/mol. The summed E-state index contributed by atoms with van der Waals surface area (Å²) in [6, 6.07) is 0. The minimum Gasteiger partial charge on any atom is -0.344 e. The molecule has 0 aliphatic carbocycles. The summed E-state index contributed by atoms with van der Waals surface area (Å²) in [5.74, 6) is 1.16. The van der Waals surface area contributed by atoms with E-state index in [0.29, 0.717) is 0 Å². The zero-order chi connectivity index (χ0) is 7.56. The summed E-state index contributed by atoms with van der Waals surface area (Å²) < 4.78 is 1.05. The Balaban J connectivity index is 2.33. The number of hydrogen-bond acceptors (Lipinski definition) is 3. The van der Waals surface area contributed by atoms with Crippen LogP contribution in [-0.4, -0.2) is 47.2 Å². The summed E-state index contributed by atoms with van der Waals surface area (Å²) >= 11 is 6.90. The van der Waals surface area contributed by atoms with Gasteiger partial charge in [0.2, 0.25) is 0 Å². The molecule has 1 aliphatic heterocycles. The van der Waals surface area contributed by atoms with Gasteiger partial charge in [-0.15, -0.1) is 0 Å². The Morgan fingerprint density at radius 3 is 2.80 bits per heavy atom. The van der Waals surface area contributed by atoms with Gasteiger partial charge in [0.25, 0.3) is 0 Å². The van der Waals surface area contributed by atoms with Gasteiger partial charge < -0.3 is 4.90 Å². The van der Waals surface area contributed by atoms with Crippen LogP contribution in [0.3, 0.4) is 0 Å². The quantitative estimate of drug-likeness (QED) is 0.575.